The lowest BCUT2D eigenvalue weighted by Crippen LogP contribution is -2.41. The number of amides is 1. The van der Waals surface area contributed by atoms with E-state index in [2.05, 4.69) is 16.0 Å². The van der Waals surface area contributed by atoms with E-state index in [-0.39, 0.29) is 30.2 Å². The first-order valence-corrected chi connectivity index (χ1v) is 9.22. The summed E-state index contributed by atoms with van der Waals surface area (Å²) in [5.41, 5.74) is 0.561. The molecule has 0 fully saturated rings. The number of nitrogens with zero attached hydrogens (tertiary/aromatic N) is 1. The molecule has 0 aliphatic heterocycles. The van der Waals surface area contributed by atoms with Gasteiger partial charge in [0.2, 0.25) is 5.91 Å². The van der Waals surface area contributed by atoms with Gasteiger partial charge >= 0.3 is 5.97 Å². The molecule has 0 saturated carbocycles. The molecule has 2 aromatic rings. The van der Waals surface area contributed by atoms with Crippen LogP contribution in [-0.2, 0) is 9.59 Å². The second-order valence-corrected chi connectivity index (χ2v) is 6.77. The van der Waals surface area contributed by atoms with Crippen molar-refractivity contribution in [1.82, 2.24) is 5.32 Å². The number of aliphatic carboxylic acids is 1. The van der Waals surface area contributed by atoms with E-state index in [1.165, 1.54) is 18.2 Å². The molecule has 4 N–H and O–H groups in total. The average molecular weight is 441 g/mol. The van der Waals surface area contributed by atoms with Gasteiger partial charge in [0, 0.05) is 24.2 Å². The minimum Gasteiger partial charge on any atom is -0.480 e. The Kier molecular flexibility index (Phi) is 8.20. The smallest absolute Gasteiger partial charge is 0.321 e. The van der Waals surface area contributed by atoms with Gasteiger partial charge in [0.1, 0.15) is 11.7 Å². The maximum absolute atomic E-state index is 12.1. The fourth-order valence-electron chi connectivity index (χ4n) is 2.45. The fourth-order valence-corrected chi connectivity index (χ4v) is 2.91. The number of halogens is 2. The highest BCUT2D eigenvalue weighted by molar-refractivity contribution is 6.36. The highest BCUT2D eigenvalue weighted by Gasteiger charge is 2.21. The molecule has 0 saturated heterocycles. The van der Waals surface area contributed by atoms with Gasteiger partial charge in [0.05, 0.1) is 22.1 Å². The molecule has 0 unspecified atom stereocenters. The molecule has 0 radical (unpaired) electrons. The second-order valence-electron chi connectivity index (χ2n) is 5.92. The largest absolute Gasteiger partial charge is 0.480 e. The van der Waals surface area contributed by atoms with Crippen LogP contribution in [0, 0.1) is 10.1 Å². The molecule has 1 atom stereocenters. The maximum Gasteiger partial charge on any atom is 0.321 e. The summed E-state index contributed by atoms with van der Waals surface area (Å²) in [4.78, 5) is 34.0. The van der Waals surface area contributed by atoms with Crippen LogP contribution >= 0.6 is 23.2 Å². The van der Waals surface area contributed by atoms with E-state index in [1.807, 2.05) is 0 Å². The zero-order valence-electron chi connectivity index (χ0n) is 15.0. The Morgan fingerprint density at radius 1 is 1.10 bits per heavy atom. The van der Waals surface area contributed by atoms with E-state index in [1.54, 1.807) is 24.3 Å². The molecular formula is C18H18Cl2N4O5. The lowest BCUT2D eigenvalue weighted by Gasteiger charge is -2.15. The number of benzene rings is 2. The summed E-state index contributed by atoms with van der Waals surface area (Å²) >= 11 is 11.8. The Bertz CT molecular complexity index is 910. The Morgan fingerprint density at radius 2 is 1.83 bits per heavy atom. The number of carbonyl (C=O) groups is 2. The number of para-hydroxylation sites is 2. The number of carboxylic acid groups (broad SMARTS) is 1. The lowest BCUT2D eigenvalue weighted by molar-refractivity contribution is -0.384. The molecule has 0 aromatic heterocycles. The number of rotatable bonds is 10. The van der Waals surface area contributed by atoms with Gasteiger partial charge in [-0.2, -0.15) is 0 Å². The number of carbonyl (C=O) groups excluding carboxylic acids is 1. The van der Waals surface area contributed by atoms with Gasteiger partial charge in [0.25, 0.3) is 5.69 Å². The van der Waals surface area contributed by atoms with Crippen LogP contribution in [0.15, 0.2) is 42.5 Å². The topological polar surface area (TPSA) is 134 Å². The molecule has 11 heteroatoms. The number of anilines is 2. The van der Waals surface area contributed by atoms with Crippen LogP contribution in [-0.4, -0.2) is 41.0 Å². The summed E-state index contributed by atoms with van der Waals surface area (Å²) in [5.74, 6) is -1.74. The van der Waals surface area contributed by atoms with Gasteiger partial charge in [0.15, 0.2) is 0 Å². The van der Waals surface area contributed by atoms with Gasteiger partial charge in [-0.05, 0) is 24.3 Å². The number of nitrogens with one attached hydrogen (secondary N) is 3. The number of nitro benzene ring substituents is 1. The molecule has 0 aliphatic rings. The first-order chi connectivity index (χ1) is 13.8. The lowest BCUT2D eigenvalue weighted by atomic mass is 10.2. The maximum atomic E-state index is 12.1. The summed E-state index contributed by atoms with van der Waals surface area (Å²) < 4.78 is 0. The zero-order valence-corrected chi connectivity index (χ0v) is 16.5. The Balaban J connectivity index is 1.86. The van der Waals surface area contributed by atoms with E-state index < -0.39 is 22.8 Å². The Labute approximate surface area is 176 Å². The monoisotopic (exact) mass is 440 g/mol. The number of hydrogen-bond acceptors (Lipinski definition) is 6. The third-order valence-corrected chi connectivity index (χ3v) is 4.37. The zero-order chi connectivity index (χ0) is 21.4. The van der Waals surface area contributed by atoms with Crippen LogP contribution in [0.3, 0.4) is 0 Å². The van der Waals surface area contributed by atoms with E-state index in [0.29, 0.717) is 16.4 Å². The molecule has 0 spiro atoms. The number of carboxylic acids is 1. The van der Waals surface area contributed by atoms with Crippen LogP contribution in [0.25, 0.3) is 0 Å². The second kappa shape index (κ2) is 10.6. The van der Waals surface area contributed by atoms with Gasteiger partial charge in [-0.25, -0.2) is 0 Å². The molecule has 2 rings (SSSR count). The molecule has 9 nitrogen and oxygen atoms in total. The van der Waals surface area contributed by atoms with Crippen molar-refractivity contribution in [2.45, 2.75) is 12.5 Å². The molecule has 154 valence electrons. The molecule has 0 bridgehead atoms. The minimum atomic E-state index is -1.20. The first kappa shape index (κ1) is 22.4. The van der Waals surface area contributed by atoms with Crippen LogP contribution in [0.1, 0.15) is 6.42 Å². The Hall–Kier alpha value is -2.88. The van der Waals surface area contributed by atoms with Gasteiger partial charge in [-0.3, -0.25) is 19.7 Å². The van der Waals surface area contributed by atoms with Crippen LogP contribution < -0.4 is 16.0 Å². The predicted octanol–water partition coefficient (Wildman–Crippen LogP) is 3.39. The van der Waals surface area contributed by atoms with E-state index >= 15 is 0 Å². The Morgan fingerprint density at radius 3 is 2.48 bits per heavy atom. The quantitative estimate of drug-likeness (QED) is 0.252. The highest BCUT2D eigenvalue weighted by atomic mass is 35.5. The van der Waals surface area contributed by atoms with Crippen molar-refractivity contribution in [2.75, 3.05) is 23.7 Å². The molecule has 0 aliphatic carbocycles. The molecular weight excluding hydrogens is 423 g/mol. The van der Waals surface area contributed by atoms with Gasteiger partial charge in [-0.15, -0.1) is 0 Å². The van der Waals surface area contributed by atoms with Crippen molar-refractivity contribution in [3.63, 3.8) is 0 Å². The third kappa shape index (κ3) is 6.90. The molecule has 2 aromatic carbocycles. The van der Waals surface area contributed by atoms with Crippen LogP contribution in [0.4, 0.5) is 17.1 Å². The summed E-state index contributed by atoms with van der Waals surface area (Å²) in [6.45, 7) is 0.386. The molecule has 1 amide bonds. The summed E-state index contributed by atoms with van der Waals surface area (Å²) in [6, 6.07) is 9.49. The minimum absolute atomic E-state index is 0.0819. The predicted molar refractivity (Wildman–Crippen MR) is 111 cm³/mol. The summed E-state index contributed by atoms with van der Waals surface area (Å²) in [7, 11) is 0. The van der Waals surface area contributed by atoms with Crippen molar-refractivity contribution in [3.8, 4) is 0 Å². The number of nitro groups is 1. The molecule has 29 heavy (non-hydrogen) atoms. The summed E-state index contributed by atoms with van der Waals surface area (Å²) in [5, 5.41) is 29.1. The SMILES string of the molecule is O=C(C[C@H](NCCNc1ccccc1[N+](=O)[O-])C(=O)O)Nc1ccc(Cl)cc1Cl. The van der Waals surface area contributed by atoms with E-state index in [0.717, 1.165) is 0 Å². The van der Waals surface area contributed by atoms with Crippen LogP contribution in [0.2, 0.25) is 10.0 Å². The third-order valence-electron chi connectivity index (χ3n) is 3.82. The number of hydrogen-bond donors (Lipinski definition) is 4. The normalized spacial score (nSPS) is 11.5. The van der Waals surface area contributed by atoms with E-state index in [4.69, 9.17) is 23.2 Å². The first-order valence-electron chi connectivity index (χ1n) is 8.46. The highest BCUT2D eigenvalue weighted by Crippen LogP contribution is 2.25. The van der Waals surface area contributed by atoms with Crippen molar-refractivity contribution < 1.29 is 19.6 Å². The van der Waals surface area contributed by atoms with Crippen molar-refractivity contribution in [2.24, 2.45) is 0 Å². The van der Waals surface area contributed by atoms with Gasteiger partial charge < -0.3 is 21.1 Å². The van der Waals surface area contributed by atoms with Crippen molar-refractivity contribution in [1.29, 1.82) is 0 Å². The summed E-state index contributed by atoms with van der Waals surface area (Å²) in [6.07, 6.45) is -0.334. The van der Waals surface area contributed by atoms with Crippen LogP contribution in [0.5, 0.6) is 0 Å². The fraction of sp³-hybridized carbons (Fsp3) is 0.222. The standard InChI is InChI=1S/C18H18Cl2N4O5/c19-11-5-6-13(12(20)9-11)23-17(25)10-15(18(26)27)22-8-7-21-14-3-1-2-4-16(14)24(28)29/h1-6,9,15,21-22H,7-8,10H2,(H,23,25)(H,26,27)/t15-/m0/s1. The van der Waals surface area contributed by atoms with Crippen molar-refractivity contribution in [3.05, 3.63) is 62.6 Å². The molecule has 0 heterocycles. The van der Waals surface area contributed by atoms with Crippen molar-refractivity contribution >= 4 is 52.1 Å². The average Bonchev–Trinajstić information content (AvgIpc) is 2.66. The van der Waals surface area contributed by atoms with Gasteiger partial charge in [-0.1, -0.05) is 35.3 Å². The van der Waals surface area contributed by atoms with E-state index in [9.17, 15) is 24.8 Å².